The van der Waals surface area contributed by atoms with E-state index in [0.717, 1.165) is 12.1 Å². The number of nitrogens with one attached hydrogen (secondary N) is 1. The van der Waals surface area contributed by atoms with Crippen LogP contribution in [-0.2, 0) is 23.9 Å². The molecule has 0 atom stereocenters. The van der Waals surface area contributed by atoms with Gasteiger partial charge < -0.3 is 10.4 Å². The quantitative estimate of drug-likeness (QED) is 0.882. The molecule has 2 N–H and O–H groups in total. The van der Waals surface area contributed by atoms with Gasteiger partial charge in [-0.3, -0.25) is 4.79 Å². The van der Waals surface area contributed by atoms with E-state index in [9.17, 15) is 23.1 Å². The SMILES string of the molecule is O=C(CCc1ccccc1O)NCc1ccc(C(F)(F)F)cc1. The second kappa shape index (κ2) is 7.17. The Labute approximate surface area is 131 Å². The highest BCUT2D eigenvalue weighted by atomic mass is 19.4. The first-order chi connectivity index (χ1) is 10.9. The van der Waals surface area contributed by atoms with Gasteiger partial charge in [0.15, 0.2) is 0 Å². The van der Waals surface area contributed by atoms with Crippen molar-refractivity contribution in [2.45, 2.75) is 25.6 Å². The van der Waals surface area contributed by atoms with Crippen molar-refractivity contribution in [1.29, 1.82) is 0 Å². The largest absolute Gasteiger partial charge is 0.508 e. The van der Waals surface area contributed by atoms with Crippen LogP contribution >= 0.6 is 0 Å². The van der Waals surface area contributed by atoms with E-state index >= 15 is 0 Å². The van der Waals surface area contributed by atoms with Gasteiger partial charge in [0.1, 0.15) is 5.75 Å². The van der Waals surface area contributed by atoms with Gasteiger partial charge in [-0.1, -0.05) is 30.3 Å². The van der Waals surface area contributed by atoms with Gasteiger partial charge in [0.05, 0.1) is 5.56 Å². The molecule has 0 aliphatic heterocycles. The summed E-state index contributed by atoms with van der Waals surface area (Å²) in [5, 5.41) is 12.2. The van der Waals surface area contributed by atoms with Crippen molar-refractivity contribution >= 4 is 5.91 Å². The fourth-order valence-electron chi connectivity index (χ4n) is 2.07. The number of benzene rings is 2. The minimum atomic E-state index is -4.36. The monoisotopic (exact) mass is 323 g/mol. The van der Waals surface area contributed by atoms with E-state index < -0.39 is 11.7 Å². The number of carbonyl (C=O) groups is 1. The van der Waals surface area contributed by atoms with Crippen molar-refractivity contribution < 1.29 is 23.1 Å². The van der Waals surface area contributed by atoms with E-state index in [1.807, 2.05) is 0 Å². The molecule has 0 unspecified atom stereocenters. The van der Waals surface area contributed by atoms with Crippen LogP contribution in [0.1, 0.15) is 23.1 Å². The highest BCUT2D eigenvalue weighted by Gasteiger charge is 2.29. The van der Waals surface area contributed by atoms with Crippen molar-refractivity contribution in [2.75, 3.05) is 0 Å². The summed E-state index contributed by atoms with van der Waals surface area (Å²) in [6.07, 6.45) is -3.77. The summed E-state index contributed by atoms with van der Waals surface area (Å²) in [5.74, 6) is -0.0869. The number of aromatic hydroxyl groups is 1. The van der Waals surface area contributed by atoms with Gasteiger partial charge >= 0.3 is 6.18 Å². The maximum absolute atomic E-state index is 12.4. The molecule has 0 aliphatic carbocycles. The average Bonchev–Trinajstić information content (AvgIpc) is 2.51. The third kappa shape index (κ3) is 5.02. The summed E-state index contributed by atoms with van der Waals surface area (Å²) in [5.41, 5.74) is 0.554. The molecule has 6 heteroatoms. The van der Waals surface area contributed by atoms with E-state index in [2.05, 4.69) is 5.32 Å². The Morgan fingerprint density at radius 1 is 1.04 bits per heavy atom. The number of carbonyl (C=O) groups excluding carboxylic acids is 1. The van der Waals surface area contributed by atoms with E-state index in [0.29, 0.717) is 17.5 Å². The number of aryl methyl sites for hydroxylation is 1. The predicted molar refractivity (Wildman–Crippen MR) is 79.7 cm³/mol. The minimum Gasteiger partial charge on any atom is -0.508 e. The van der Waals surface area contributed by atoms with Crippen molar-refractivity contribution in [2.24, 2.45) is 0 Å². The second-order valence-corrected chi connectivity index (χ2v) is 5.10. The Morgan fingerprint density at radius 3 is 2.30 bits per heavy atom. The highest BCUT2D eigenvalue weighted by Crippen LogP contribution is 2.29. The molecule has 0 aromatic heterocycles. The Kier molecular flexibility index (Phi) is 5.26. The molecule has 2 rings (SSSR count). The Hall–Kier alpha value is -2.50. The van der Waals surface area contributed by atoms with Gasteiger partial charge in [-0.25, -0.2) is 0 Å². The molecule has 0 fully saturated rings. The summed E-state index contributed by atoms with van der Waals surface area (Å²) in [4.78, 5) is 11.8. The predicted octanol–water partition coefficient (Wildman–Crippen LogP) is 3.66. The summed E-state index contributed by atoms with van der Waals surface area (Å²) in [7, 11) is 0. The molecule has 2 aromatic rings. The number of alkyl halides is 3. The van der Waals surface area contributed by atoms with Crippen LogP contribution in [0, 0.1) is 0 Å². The fourth-order valence-corrected chi connectivity index (χ4v) is 2.07. The highest BCUT2D eigenvalue weighted by molar-refractivity contribution is 5.76. The van der Waals surface area contributed by atoms with Crippen LogP contribution in [0.2, 0.25) is 0 Å². The van der Waals surface area contributed by atoms with E-state index in [4.69, 9.17) is 0 Å². The lowest BCUT2D eigenvalue weighted by molar-refractivity contribution is -0.137. The third-order valence-corrected chi connectivity index (χ3v) is 3.38. The number of para-hydroxylation sites is 1. The molecule has 122 valence electrons. The van der Waals surface area contributed by atoms with Gasteiger partial charge in [0, 0.05) is 13.0 Å². The van der Waals surface area contributed by atoms with Gasteiger partial charge in [0.25, 0.3) is 0 Å². The van der Waals surface area contributed by atoms with Crippen LogP contribution in [0.25, 0.3) is 0 Å². The normalized spacial score (nSPS) is 11.3. The Bertz CT molecular complexity index is 666. The van der Waals surface area contributed by atoms with E-state index in [-0.39, 0.29) is 24.6 Å². The van der Waals surface area contributed by atoms with Crippen LogP contribution < -0.4 is 5.32 Å². The number of phenols is 1. The number of halogens is 3. The molecular weight excluding hydrogens is 307 g/mol. The van der Waals surface area contributed by atoms with Crippen LogP contribution in [0.5, 0.6) is 5.75 Å². The fraction of sp³-hybridized carbons (Fsp3) is 0.235. The molecule has 0 saturated carbocycles. The lowest BCUT2D eigenvalue weighted by Crippen LogP contribution is -2.23. The van der Waals surface area contributed by atoms with Crippen molar-refractivity contribution in [3.8, 4) is 5.75 Å². The summed E-state index contributed by atoms with van der Waals surface area (Å²) < 4.78 is 37.3. The van der Waals surface area contributed by atoms with E-state index in [1.54, 1.807) is 24.3 Å². The summed E-state index contributed by atoms with van der Waals surface area (Å²) >= 11 is 0. The number of hydrogen-bond acceptors (Lipinski definition) is 2. The van der Waals surface area contributed by atoms with Crippen LogP contribution in [0.15, 0.2) is 48.5 Å². The molecule has 0 saturated heterocycles. The smallest absolute Gasteiger partial charge is 0.416 e. The molecule has 3 nitrogen and oxygen atoms in total. The molecule has 0 bridgehead atoms. The second-order valence-electron chi connectivity index (χ2n) is 5.10. The zero-order valence-corrected chi connectivity index (χ0v) is 12.2. The lowest BCUT2D eigenvalue weighted by Gasteiger charge is -2.09. The molecule has 23 heavy (non-hydrogen) atoms. The van der Waals surface area contributed by atoms with Crippen LogP contribution in [0.3, 0.4) is 0 Å². The van der Waals surface area contributed by atoms with Crippen molar-refractivity contribution in [3.05, 3.63) is 65.2 Å². The lowest BCUT2D eigenvalue weighted by atomic mass is 10.1. The number of hydrogen-bond donors (Lipinski definition) is 2. The number of rotatable bonds is 5. The summed E-state index contributed by atoms with van der Waals surface area (Å²) in [6, 6.07) is 11.4. The van der Waals surface area contributed by atoms with Gasteiger partial charge in [0.2, 0.25) is 5.91 Å². The number of phenolic OH excluding ortho intramolecular Hbond substituents is 1. The molecule has 2 aromatic carbocycles. The van der Waals surface area contributed by atoms with Gasteiger partial charge in [-0.05, 0) is 35.7 Å². The topological polar surface area (TPSA) is 49.3 Å². The summed E-state index contributed by atoms with van der Waals surface area (Å²) in [6.45, 7) is 0.164. The molecular formula is C17H16F3NO2. The first-order valence-electron chi connectivity index (χ1n) is 7.06. The van der Waals surface area contributed by atoms with Gasteiger partial charge in [-0.2, -0.15) is 13.2 Å². The van der Waals surface area contributed by atoms with Crippen LogP contribution in [0.4, 0.5) is 13.2 Å². The van der Waals surface area contributed by atoms with Gasteiger partial charge in [-0.15, -0.1) is 0 Å². The maximum Gasteiger partial charge on any atom is 0.416 e. The Balaban J connectivity index is 1.81. The Morgan fingerprint density at radius 2 is 1.70 bits per heavy atom. The zero-order chi connectivity index (χ0) is 16.9. The van der Waals surface area contributed by atoms with E-state index in [1.165, 1.54) is 12.1 Å². The molecule has 0 heterocycles. The van der Waals surface area contributed by atoms with Crippen LogP contribution in [-0.4, -0.2) is 11.0 Å². The van der Waals surface area contributed by atoms with Crippen molar-refractivity contribution in [1.82, 2.24) is 5.32 Å². The first-order valence-corrected chi connectivity index (χ1v) is 7.06. The minimum absolute atomic E-state index is 0.142. The number of amides is 1. The maximum atomic E-state index is 12.4. The average molecular weight is 323 g/mol. The van der Waals surface area contributed by atoms with Crippen molar-refractivity contribution in [3.63, 3.8) is 0 Å². The molecule has 1 amide bonds. The molecule has 0 radical (unpaired) electrons. The molecule has 0 aliphatic rings. The first kappa shape index (κ1) is 16.9. The third-order valence-electron chi connectivity index (χ3n) is 3.38. The standard InChI is InChI=1S/C17H16F3NO2/c18-17(19,20)14-8-5-12(6-9-14)11-21-16(23)10-7-13-3-1-2-4-15(13)22/h1-6,8-9,22H,7,10-11H2,(H,21,23). The zero-order valence-electron chi connectivity index (χ0n) is 12.2. The molecule has 0 spiro atoms.